The van der Waals surface area contributed by atoms with Crippen LogP contribution in [-0.2, 0) is 4.74 Å². The number of ether oxygens (including phenoxy) is 1. The van der Waals surface area contributed by atoms with Gasteiger partial charge in [0, 0.05) is 13.2 Å². The van der Waals surface area contributed by atoms with Crippen molar-refractivity contribution < 1.29 is 4.74 Å². The van der Waals surface area contributed by atoms with E-state index in [2.05, 4.69) is 18.3 Å². The SMILES string of the molecule is CCCNC(C)(C#N)CCCCOCCC1CCC1. The fraction of sp³-hybridized carbons (Fsp3) is 0.938. The van der Waals surface area contributed by atoms with Crippen molar-refractivity contribution in [2.75, 3.05) is 19.8 Å². The molecule has 0 aromatic rings. The van der Waals surface area contributed by atoms with Crippen LogP contribution in [0.3, 0.4) is 0 Å². The van der Waals surface area contributed by atoms with E-state index in [1.165, 1.54) is 25.7 Å². The summed E-state index contributed by atoms with van der Waals surface area (Å²) in [4.78, 5) is 0. The molecule has 0 aromatic heterocycles. The highest BCUT2D eigenvalue weighted by atomic mass is 16.5. The van der Waals surface area contributed by atoms with Crippen molar-refractivity contribution in [1.82, 2.24) is 5.32 Å². The lowest BCUT2D eigenvalue weighted by Crippen LogP contribution is -2.41. The van der Waals surface area contributed by atoms with Crippen LogP contribution in [-0.4, -0.2) is 25.3 Å². The lowest BCUT2D eigenvalue weighted by Gasteiger charge is -2.25. The van der Waals surface area contributed by atoms with Gasteiger partial charge < -0.3 is 4.74 Å². The molecular weight excluding hydrogens is 236 g/mol. The molecule has 0 heterocycles. The zero-order valence-electron chi connectivity index (χ0n) is 12.7. The van der Waals surface area contributed by atoms with E-state index in [9.17, 15) is 5.26 Å². The molecule has 0 radical (unpaired) electrons. The van der Waals surface area contributed by atoms with Gasteiger partial charge in [-0.25, -0.2) is 0 Å². The van der Waals surface area contributed by atoms with Crippen LogP contribution in [0.5, 0.6) is 0 Å². The van der Waals surface area contributed by atoms with E-state index < -0.39 is 0 Å². The summed E-state index contributed by atoms with van der Waals surface area (Å²) in [6.45, 7) is 6.82. The van der Waals surface area contributed by atoms with E-state index in [4.69, 9.17) is 4.74 Å². The van der Waals surface area contributed by atoms with Crippen molar-refractivity contribution in [3.8, 4) is 6.07 Å². The number of nitrogens with zero attached hydrogens (tertiary/aromatic N) is 1. The Labute approximate surface area is 118 Å². The second kappa shape index (κ2) is 9.34. The quantitative estimate of drug-likeness (QED) is 0.581. The molecule has 0 bridgehead atoms. The molecule has 1 saturated carbocycles. The van der Waals surface area contributed by atoms with Gasteiger partial charge in [-0.2, -0.15) is 5.26 Å². The topological polar surface area (TPSA) is 45.0 Å². The molecule has 0 aliphatic heterocycles. The molecule has 3 nitrogen and oxygen atoms in total. The van der Waals surface area contributed by atoms with E-state index in [1.807, 2.05) is 6.92 Å². The molecule has 1 rings (SSSR count). The van der Waals surface area contributed by atoms with Crippen LogP contribution in [0.4, 0.5) is 0 Å². The molecule has 1 fully saturated rings. The summed E-state index contributed by atoms with van der Waals surface area (Å²) >= 11 is 0. The second-order valence-corrected chi connectivity index (χ2v) is 6.03. The largest absolute Gasteiger partial charge is 0.381 e. The first kappa shape index (κ1) is 16.5. The number of nitriles is 1. The fourth-order valence-electron chi connectivity index (χ4n) is 2.40. The van der Waals surface area contributed by atoms with Crippen LogP contribution < -0.4 is 5.32 Å². The Balaban J connectivity index is 1.94. The minimum atomic E-state index is -0.359. The van der Waals surface area contributed by atoms with Gasteiger partial charge in [0.1, 0.15) is 5.54 Å². The third-order valence-electron chi connectivity index (χ3n) is 4.12. The summed E-state index contributed by atoms with van der Waals surface area (Å²) < 4.78 is 5.67. The van der Waals surface area contributed by atoms with Crippen LogP contribution >= 0.6 is 0 Å². The molecule has 19 heavy (non-hydrogen) atoms. The second-order valence-electron chi connectivity index (χ2n) is 6.03. The average Bonchev–Trinajstić information content (AvgIpc) is 2.37. The van der Waals surface area contributed by atoms with Crippen molar-refractivity contribution in [3.63, 3.8) is 0 Å². The molecule has 0 aromatic carbocycles. The normalized spacial score (nSPS) is 18.6. The van der Waals surface area contributed by atoms with Crippen molar-refractivity contribution in [2.45, 2.75) is 70.8 Å². The number of unbranched alkanes of at least 4 members (excludes halogenated alkanes) is 1. The van der Waals surface area contributed by atoms with Crippen molar-refractivity contribution in [1.29, 1.82) is 5.26 Å². The van der Waals surface area contributed by atoms with E-state index in [0.717, 1.165) is 51.4 Å². The average molecular weight is 266 g/mol. The van der Waals surface area contributed by atoms with Gasteiger partial charge in [-0.1, -0.05) is 26.2 Å². The summed E-state index contributed by atoms with van der Waals surface area (Å²) in [5, 5.41) is 12.5. The fourth-order valence-corrected chi connectivity index (χ4v) is 2.40. The first-order valence-electron chi connectivity index (χ1n) is 7.94. The molecular formula is C16H30N2O. The van der Waals surface area contributed by atoms with Gasteiger partial charge in [0.2, 0.25) is 0 Å². The molecule has 3 heteroatoms. The maximum absolute atomic E-state index is 9.20. The van der Waals surface area contributed by atoms with E-state index in [1.54, 1.807) is 0 Å². The van der Waals surface area contributed by atoms with Crippen LogP contribution in [0.2, 0.25) is 0 Å². The van der Waals surface area contributed by atoms with E-state index >= 15 is 0 Å². The number of rotatable bonds is 11. The molecule has 1 aliphatic rings. The van der Waals surface area contributed by atoms with Crippen molar-refractivity contribution in [3.05, 3.63) is 0 Å². The highest BCUT2D eigenvalue weighted by molar-refractivity contribution is 5.03. The third-order valence-corrected chi connectivity index (χ3v) is 4.12. The predicted molar refractivity (Wildman–Crippen MR) is 78.9 cm³/mol. The predicted octanol–water partition coefficient (Wildman–Crippen LogP) is 3.65. The van der Waals surface area contributed by atoms with Gasteiger partial charge in [-0.05, 0) is 51.5 Å². The molecule has 0 spiro atoms. The maximum Gasteiger partial charge on any atom is 0.103 e. The minimum absolute atomic E-state index is 0.359. The van der Waals surface area contributed by atoms with Crippen molar-refractivity contribution in [2.24, 2.45) is 5.92 Å². The standard InChI is InChI=1S/C16H30N2O/c1-3-11-18-16(2,14-17)10-4-5-12-19-13-9-15-7-6-8-15/h15,18H,3-13H2,1-2H3. The molecule has 0 saturated heterocycles. The van der Waals surface area contributed by atoms with Gasteiger partial charge >= 0.3 is 0 Å². The minimum Gasteiger partial charge on any atom is -0.381 e. The molecule has 110 valence electrons. The highest BCUT2D eigenvalue weighted by Gasteiger charge is 2.21. The number of hydrogen-bond donors (Lipinski definition) is 1. The van der Waals surface area contributed by atoms with Gasteiger partial charge in [-0.15, -0.1) is 0 Å². The summed E-state index contributed by atoms with van der Waals surface area (Å²) in [6.07, 6.45) is 9.59. The zero-order chi connectivity index (χ0) is 14.0. The molecule has 1 atom stereocenters. The van der Waals surface area contributed by atoms with Crippen molar-refractivity contribution >= 4 is 0 Å². The Kier molecular flexibility index (Phi) is 8.09. The van der Waals surface area contributed by atoms with Crippen LogP contribution in [0, 0.1) is 17.2 Å². The first-order valence-corrected chi connectivity index (χ1v) is 7.94. The molecule has 1 N–H and O–H groups in total. The van der Waals surface area contributed by atoms with Crippen LogP contribution in [0.25, 0.3) is 0 Å². The zero-order valence-corrected chi connectivity index (χ0v) is 12.7. The van der Waals surface area contributed by atoms with E-state index in [0.29, 0.717) is 0 Å². The van der Waals surface area contributed by atoms with Crippen LogP contribution in [0.15, 0.2) is 0 Å². The van der Waals surface area contributed by atoms with Gasteiger partial charge in [-0.3, -0.25) is 5.32 Å². The summed E-state index contributed by atoms with van der Waals surface area (Å²) in [5.41, 5.74) is -0.359. The maximum atomic E-state index is 9.20. The number of nitrogens with one attached hydrogen (secondary N) is 1. The Morgan fingerprint density at radius 2 is 2.11 bits per heavy atom. The molecule has 1 aliphatic carbocycles. The summed E-state index contributed by atoms with van der Waals surface area (Å²) in [6, 6.07) is 2.39. The lowest BCUT2D eigenvalue weighted by atomic mass is 9.83. The van der Waals surface area contributed by atoms with Gasteiger partial charge in [0.05, 0.1) is 6.07 Å². The Hall–Kier alpha value is -0.590. The summed E-state index contributed by atoms with van der Waals surface area (Å²) in [5.74, 6) is 0.945. The highest BCUT2D eigenvalue weighted by Crippen LogP contribution is 2.29. The monoisotopic (exact) mass is 266 g/mol. The molecule has 0 amide bonds. The van der Waals surface area contributed by atoms with Crippen LogP contribution in [0.1, 0.15) is 65.2 Å². The summed E-state index contributed by atoms with van der Waals surface area (Å²) in [7, 11) is 0. The Morgan fingerprint density at radius 1 is 1.32 bits per heavy atom. The third kappa shape index (κ3) is 6.94. The Bertz CT molecular complexity index is 270. The van der Waals surface area contributed by atoms with E-state index in [-0.39, 0.29) is 5.54 Å². The first-order chi connectivity index (χ1) is 9.20. The smallest absolute Gasteiger partial charge is 0.103 e. The number of hydrogen-bond acceptors (Lipinski definition) is 3. The lowest BCUT2D eigenvalue weighted by molar-refractivity contribution is 0.102. The molecule has 1 unspecified atom stereocenters. The Morgan fingerprint density at radius 3 is 2.68 bits per heavy atom. The van der Waals surface area contributed by atoms with Gasteiger partial charge in [0.15, 0.2) is 0 Å². The van der Waals surface area contributed by atoms with Gasteiger partial charge in [0.25, 0.3) is 0 Å².